The first-order valence-corrected chi connectivity index (χ1v) is 16.2. The van der Waals surface area contributed by atoms with Gasteiger partial charge in [0.15, 0.2) is 5.79 Å². The molecule has 16 heteroatoms. The van der Waals surface area contributed by atoms with Crippen molar-refractivity contribution in [3.8, 4) is 5.69 Å². The minimum Gasteiger partial charge on any atom is -0.459 e. The van der Waals surface area contributed by atoms with Crippen LogP contribution < -0.4 is 10.6 Å². The number of carbonyl (C=O) groups excluding carboxylic acids is 2. The summed E-state index contributed by atoms with van der Waals surface area (Å²) in [5, 5.41) is 10.1. The molecule has 0 saturated heterocycles. The number of nitrogens with zero attached hydrogens (tertiary/aromatic N) is 2. The predicted molar refractivity (Wildman–Crippen MR) is 170 cm³/mol. The van der Waals surface area contributed by atoms with E-state index in [1.54, 1.807) is 43.8 Å². The molecule has 1 heterocycles. The lowest BCUT2D eigenvalue weighted by molar-refractivity contribution is -0.432. The lowest BCUT2D eigenvalue weighted by Crippen LogP contribution is -2.77. The van der Waals surface area contributed by atoms with Crippen molar-refractivity contribution in [2.24, 2.45) is 0 Å². The Morgan fingerprint density at radius 3 is 2.16 bits per heavy atom. The second-order valence-corrected chi connectivity index (χ2v) is 14.4. The van der Waals surface area contributed by atoms with E-state index >= 15 is 0 Å². The summed E-state index contributed by atoms with van der Waals surface area (Å²) in [6, 6.07) is 8.69. The minimum atomic E-state index is -4.81. The zero-order valence-electron chi connectivity index (χ0n) is 26.9. The Bertz CT molecular complexity index is 1690. The van der Waals surface area contributed by atoms with Gasteiger partial charge in [0, 0.05) is 41.7 Å². The molecule has 0 unspecified atom stereocenters. The molecule has 266 valence electrons. The molecular formula is C33H35Cl2F5N4O5. The Hall–Kier alpha value is -3.46. The number of hydrogen-bond donors (Lipinski definition) is 2. The highest BCUT2D eigenvalue weighted by Crippen LogP contribution is 2.67. The van der Waals surface area contributed by atoms with E-state index in [1.807, 2.05) is 6.20 Å². The first-order valence-electron chi connectivity index (χ1n) is 15.4. The Morgan fingerprint density at radius 1 is 0.980 bits per heavy atom. The first kappa shape index (κ1) is 36.8. The molecular weight excluding hydrogens is 698 g/mol. The molecule has 9 nitrogen and oxygen atoms in total. The summed E-state index contributed by atoms with van der Waals surface area (Å²) in [4.78, 5) is 23.7. The molecule has 4 aliphatic rings. The molecule has 4 saturated carbocycles. The van der Waals surface area contributed by atoms with Gasteiger partial charge in [-0.15, -0.1) is 13.2 Å². The van der Waals surface area contributed by atoms with Gasteiger partial charge < -0.3 is 20.1 Å². The molecule has 0 aliphatic heterocycles. The van der Waals surface area contributed by atoms with Gasteiger partial charge >= 0.3 is 12.3 Å². The molecule has 1 amide bonds. The summed E-state index contributed by atoms with van der Waals surface area (Å²) in [7, 11) is 0. The highest BCUT2D eigenvalue weighted by atomic mass is 35.5. The van der Waals surface area contributed by atoms with E-state index in [4.69, 9.17) is 32.7 Å². The fourth-order valence-corrected chi connectivity index (χ4v) is 6.47. The normalized spacial score (nSPS) is 22.0. The molecule has 4 fully saturated rings. The van der Waals surface area contributed by atoms with E-state index < -0.39 is 47.9 Å². The Balaban J connectivity index is 0.000000234. The van der Waals surface area contributed by atoms with Gasteiger partial charge in [0.2, 0.25) is 5.91 Å². The van der Waals surface area contributed by atoms with Crippen molar-refractivity contribution < 1.29 is 45.8 Å². The molecule has 2 N–H and O–H groups in total. The number of alkyl halides is 3. The van der Waals surface area contributed by atoms with E-state index in [-0.39, 0.29) is 40.4 Å². The summed E-state index contributed by atoms with van der Waals surface area (Å²) in [5.74, 6) is -3.65. The number of aromatic nitrogens is 2. The van der Waals surface area contributed by atoms with Crippen molar-refractivity contribution in [2.45, 2.75) is 88.0 Å². The van der Waals surface area contributed by atoms with Gasteiger partial charge in [0.1, 0.15) is 30.4 Å². The van der Waals surface area contributed by atoms with Crippen LogP contribution in [-0.2, 0) is 29.2 Å². The van der Waals surface area contributed by atoms with E-state index in [1.165, 1.54) is 24.3 Å². The second kappa shape index (κ2) is 13.7. The van der Waals surface area contributed by atoms with Gasteiger partial charge in [-0.3, -0.25) is 14.3 Å². The van der Waals surface area contributed by atoms with Crippen LogP contribution in [0, 0.1) is 11.6 Å². The van der Waals surface area contributed by atoms with Crippen molar-refractivity contribution in [1.29, 1.82) is 0 Å². The van der Waals surface area contributed by atoms with Crippen molar-refractivity contribution in [2.75, 3.05) is 18.5 Å². The number of benzene rings is 2. The largest absolute Gasteiger partial charge is 0.524 e. The molecule has 0 atom stereocenters. The molecule has 1 aromatic heterocycles. The third kappa shape index (κ3) is 9.02. The molecule has 0 spiro atoms. The van der Waals surface area contributed by atoms with Crippen LogP contribution in [0.4, 0.5) is 27.6 Å². The number of ether oxygens (including phenoxy) is 3. The van der Waals surface area contributed by atoms with Crippen LogP contribution in [0.1, 0.15) is 64.9 Å². The van der Waals surface area contributed by atoms with Crippen LogP contribution in [-0.4, -0.2) is 58.1 Å². The number of halogens is 7. The molecule has 2 bridgehead atoms. The van der Waals surface area contributed by atoms with Crippen molar-refractivity contribution in [3.05, 3.63) is 76.0 Å². The maximum absolute atomic E-state index is 13.7. The summed E-state index contributed by atoms with van der Waals surface area (Å²) in [6.45, 7) is 4.86. The zero-order chi connectivity index (χ0) is 35.8. The summed E-state index contributed by atoms with van der Waals surface area (Å²) in [5.41, 5.74) is 1.03. The number of hydrogen-bond acceptors (Lipinski definition) is 7. The average Bonchev–Trinajstić information content (AvgIpc) is 3.42. The highest BCUT2D eigenvalue weighted by Gasteiger charge is 2.69. The molecule has 2 aromatic carbocycles. The van der Waals surface area contributed by atoms with Crippen molar-refractivity contribution in [3.63, 3.8) is 0 Å². The predicted octanol–water partition coefficient (Wildman–Crippen LogP) is 7.62. The first-order chi connectivity index (χ1) is 22.8. The lowest BCUT2D eigenvalue weighted by Gasteiger charge is -2.70. The summed E-state index contributed by atoms with van der Waals surface area (Å²) >= 11 is 11.3. The third-order valence-corrected chi connectivity index (χ3v) is 9.07. The van der Waals surface area contributed by atoms with Gasteiger partial charge in [-0.05, 0) is 82.3 Å². The van der Waals surface area contributed by atoms with Gasteiger partial charge in [0.25, 0.3) is 0 Å². The summed E-state index contributed by atoms with van der Waals surface area (Å²) in [6.07, 6.45) is 1.65. The quantitative estimate of drug-likeness (QED) is 0.126. The number of carbonyl (C=O) groups is 2. The topological polar surface area (TPSA) is 104 Å². The molecule has 4 aliphatic carbocycles. The van der Waals surface area contributed by atoms with Crippen LogP contribution >= 0.6 is 23.2 Å². The molecule has 3 aromatic rings. The van der Waals surface area contributed by atoms with Crippen LogP contribution in [0.3, 0.4) is 0 Å². The number of rotatable bonds is 10. The second-order valence-electron chi connectivity index (χ2n) is 13.6. The minimum absolute atomic E-state index is 0.0155. The summed E-state index contributed by atoms with van der Waals surface area (Å²) < 4.78 is 80.4. The van der Waals surface area contributed by atoms with Crippen LogP contribution in [0.5, 0.6) is 0 Å². The Morgan fingerprint density at radius 2 is 1.61 bits per heavy atom. The van der Waals surface area contributed by atoms with Gasteiger partial charge in [0.05, 0.1) is 21.9 Å². The van der Waals surface area contributed by atoms with Gasteiger partial charge in [-0.2, -0.15) is 5.10 Å². The van der Waals surface area contributed by atoms with Gasteiger partial charge in [-0.25, -0.2) is 13.5 Å². The highest BCUT2D eigenvalue weighted by molar-refractivity contribution is 6.31. The van der Waals surface area contributed by atoms with Crippen molar-refractivity contribution >= 4 is 40.8 Å². The molecule has 0 radical (unpaired) electrons. The Kier molecular flexibility index (Phi) is 10.3. The maximum atomic E-state index is 13.7. The van der Waals surface area contributed by atoms with Crippen LogP contribution in [0.2, 0.25) is 10.0 Å². The van der Waals surface area contributed by atoms with E-state index in [9.17, 15) is 31.5 Å². The third-order valence-electron chi connectivity index (χ3n) is 8.46. The Labute approximate surface area is 289 Å². The lowest BCUT2D eigenvalue weighted by atomic mass is 9.37. The average molecular weight is 734 g/mol. The smallest absolute Gasteiger partial charge is 0.459 e. The van der Waals surface area contributed by atoms with Crippen molar-refractivity contribution in [1.82, 2.24) is 15.1 Å². The fourth-order valence-electron chi connectivity index (χ4n) is 6.23. The number of anilines is 1. The molecule has 7 rings (SSSR count). The molecule has 49 heavy (non-hydrogen) atoms. The standard InChI is InChI=1S/C21H20ClF4N3O3.C12H15ClFNO2/c22-15-3-2-14(6-16(15)23)29-8-13(7-27-29)18-10-19(11-18,12-18)28-17(30)9-31-20(4-1-5-20)32-21(24,25)26;1-12(2,3)17-11(16)7-15-8-4-5-9(13)10(14)6-8/h2-3,6-8H,1,4-5,9-12H2,(H,28,30);4-6,15H,7H2,1-3H3. The van der Waals surface area contributed by atoms with Gasteiger partial charge in [-0.1, -0.05) is 23.2 Å². The number of nitrogens with one attached hydrogen (secondary N) is 2. The van der Waals surface area contributed by atoms with Crippen LogP contribution in [0.15, 0.2) is 48.8 Å². The van der Waals surface area contributed by atoms with Crippen LogP contribution in [0.25, 0.3) is 5.69 Å². The van der Waals surface area contributed by atoms with E-state index in [0.717, 1.165) is 5.56 Å². The monoisotopic (exact) mass is 732 g/mol. The SMILES string of the molecule is CC(C)(C)OC(=O)CNc1ccc(Cl)c(F)c1.O=C(COC1(OC(F)(F)F)CCC1)NC12CC(c3cnn(-c4ccc(Cl)c(F)c4)c3)(C1)C2. The van der Waals surface area contributed by atoms with E-state index in [2.05, 4.69) is 20.5 Å². The maximum Gasteiger partial charge on any atom is 0.524 e. The van der Waals surface area contributed by atoms with E-state index in [0.29, 0.717) is 37.1 Å². The fraction of sp³-hybridized carbons (Fsp3) is 0.485. The number of amides is 1. The zero-order valence-corrected chi connectivity index (χ0v) is 28.4. The number of esters is 1.